The van der Waals surface area contributed by atoms with Crippen LogP contribution < -0.4 is 15.4 Å². The van der Waals surface area contributed by atoms with E-state index in [-0.39, 0.29) is 18.1 Å². The van der Waals surface area contributed by atoms with Crippen LogP contribution in [0.1, 0.15) is 63.5 Å². The molecule has 1 aliphatic heterocycles. The molecule has 2 N–H and O–H groups in total. The highest BCUT2D eigenvalue weighted by molar-refractivity contribution is 5.95. The summed E-state index contributed by atoms with van der Waals surface area (Å²) in [6.45, 7) is 1.74. The first-order chi connectivity index (χ1) is 13.1. The van der Waals surface area contributed by atoms with Crippen LogP contribution in [-0.4, -0.2) is 25.2 Å². The van der Waals surface area contributed by atoms with Crippen molar-refractivity contribution in [3.8, 4) is 5.75 Å². The highest BCUT2D eigenvalue weighted by atomic mass is 16.5. The molecule has 6 nitrogen and oxygen atoms in total. The molecule has 1 saturated carbocycles. The number of carbonyl (C=O) groups excluding carboxylic acids is 2. The number of nitrogens with one attached hydrogen (secondary N) is 2. The summed E-state index contributed by atoms with van der Waals surface area (Å²) in [6.07, 6.45) is 7.60. The Balaban J connectivity index is 1.80. The predicted molar refractivity (Wildman–Crippen MR) is 102 cm³/mol. The van der Waals surface area contributed by atoms with Gasteiger partial charge in [-0.3, -0.25) is 0 Å². The van der Waals surface area contributed by atoms with Gasteiger partial charge < -0.3 is 20.1 Å². The summed E-state index contributed by atoms with van der Waals surface area (Å²) >= 11 is 0. The molecule has 0 saturated heterocycles. The van der Waals surface area contributed by atoms with E-state index in [0.29, 0.717) is 11.3 Å². The quantitative estimate of drug-likeness (QED) is 0.784. The number of amides is 2. The maximum absolute atomic E-state index is 13.0. The van der Waals surface area contributed by atoms with Crippen molar-refractivity contribution in [1.82, 2.24) is 10.6 Å². The molecule has 0 aromatic heterocycles. The van der Waals surface area contributed by atoms with E-state index in [2.05, 4.69) is 10.6 Å². The normalized spacial score (nSPS) is 21.6. The molecule has 2 aliphatic rings. The Kier molecular flexibility index (Phi) is 6.37. The lowest BCUT2D eigenvalue weighted by molar-refractivity contribution is -0.145. The Morgan fingerprint density at radius 3 is 2.30 bits per heavy atom. The predicted octanol–water partition coefficient (Wildman–Crippen LogP) is 3.98. The fraction of sp³-hybridized carbons (Fsp3) is 0.524. The standard InChI is InChI=1S/C21H28N2O4/c1-14-18(20(24)27-17-8-6-4-3-5-7-9-17)19(23-21(25)22-14)15-10-12-16(26-2)13-11-15/h10-13,17,19H,3-9H2,1-2H3,(H2,22,23,25). The summed E-state index contributed by atoms with van der Waals surface area (Å²) in [5.74, 6) is 0.366. The lowest BCUT2D eigenvalue weighted by atomic mass is 9.95. The van der Waals surface area contributed by atoms with E-state index >= 15 is 0 Å². The second kappa shape index (κ2) is 8.93. The molecule has 0 spiro atoms. The van der Waals surface area contributed by atoms with Crippen molar-refractivity contribution in [2.24, 2.45) is 0 Å². The van der Waals surface area contributed by atoms with Crippen molar-refractivity contribution in [2.45, 2.75) is 64.0 Å². The van der Waals surface area contributed by atoms with Gasteiger partial charge >= 0.3 is 12.0 Å². The van der Waals surface area contributed by atoms with Gasteiger partial charge in [-0.1, -0.05) is 31.4 Å². The third-order valence-corrected chi connectivity index (χ3v) is 5.26. The Labute approximate surface area is 160 Å². The molecule has 1 aromatic rings. The number of rotatable bonds is 4. The summed E-state index contributed by atoms with van der Waals surface area (Å²) in [6, 6.07) is 6.48. The maximum Gasteiger partial charge on any atom is 0.338 e. The van der Waals surface area contributed by atoms with Crippen molar-refractivity contribution in [2.75, 3.05) is 7.11 Å². The van der Waals surface area contributed by atoms with Crippen LogP contribution in [0.4, 0.5) is 4.79 Å². The van der Waals surface area contributed by atoms with E-state index in [0.717, 1.165) is 37.0 Å². The van der Waals surface area contributed by atoms with Gasteiger partial charge in [0, 0.05) is 5.70 Å². The number of ether oxygens (including phenoxy) is 2. The fourth-order valence-corrected chi connectivity index (χ4v) is 3.76. The Bertz CT molecular complexity index is 703. The molecule has 1 aromatic carbocycles. The monoisotopic (exact) mass is 372 g/mol. The average molecular weight is 372 g/mol. The second-order valence-corrected chi connectivity index (χ2v) is 7.22. The molecule has 2 amide bonds. The molecule has 1 atom stereocenters. The van der Waals surface area contributed by atoms with Crippen molar-refractivity contribution in [3.05, 3.63) is 41.1 Å². The molecule has 3 rings (SSSR count). The highest BCUT2D eigenvalue weighted by Gasteiger charge is 2.33. The lowest BCUT2D eigenvalue weighted by Crippen LogP contribution is -2.45. The zero-order chi connectivity index (χ0) is 19.2. The Morgan fingerprint density at radius 2 is 1.67 bits per heavy atom. The molecule has 146 valence electrons. The number of hydrogen-bond donors (Lipinski definition) is 2. The number of allylic oxidation sites excluding steroid dienone is 1. The van der Waals surface area contributed by atoms with Gasteiger partial charge in [-0.05, 0) is 50.3 Å². The zero-order valence-electron chi connectivity index (χ0n) is 16.0. The minimum atomic E-state index is -0.536. The van der Waals surface area contributed by atoms with Crippen molar-refractivity contribution in [3.63, 3.8) is 0 Å². The van der Waals surface area contributed by atoms with Crippen molar-refractivity contribution >= 4 is 12.0 Å². The second-order valence-electron chi connectivity index (χ2n) is 7.22. The van der Waals surface area contributed by atoms with E-state index in [1.807, 2.05) is 24.3 Å². The number of hydrogen-bond acceptors (Lipinski definition) is 4. The van der Waals surface area contributed by atoms with E-state index < -0.39 is 6.04 Å². The van der Waals surface area contributed by atoms with Gasteiger partial charge in [0.1, 0.15) is 11.9 Å². The molecular formula is C21H28N2O4. The molecule has 0 radical (unpaired) electrons. The van der Waals surface area contributed by atoms with Crippen molar-refractivity contribution < 1.29 is 19.1 Å². The van der Waals surface area contributed by atoms with Crippen LogP contribution in [0.3, 0.4) is 0 Å². The summed E-state index contributed by atoms with van der Waals surface area (Å²) < 4.78 is 11.0. The smallest absolute Gasteiger partial charge is 0.338 e. The minimum Gasteiger partial charge on any atom is -0.497 e. The summed E-state index contributed by atoms with van der Waals surface area (Å²) in [4.78, 5) is 25.0. The first-order valence-electron chi connectivity index (χ1n) is 9.71. The van der Waals surface area contributed by atoms with Gasteiger partial charge in [0.25, 0.3) is 0 Å². The lowest BCUT2D eigenvalue weighted by Gasteiger charge is -2.29. The number of carbonyl (C=O) groups is 2. The molecule has 0 bridgehead atoms. The number of urea groups is 1. The minimum absolute atomic E-state index is 0.0488. The van der Waals surface area contributed by atoms with Crippen LogP contribution in [0.5, 0.6) is 5.75 Å². The SMILES string of the molecule is COc1ccc(C2NC(=O)NC(C)=C2C(=O)OC2CCCCCCC2)cc1. The molecule has 1 aliphatic carbocycles. The van der Waals surface area contributed by atoms with Gasteiger partial charge in [0.2, 0.25) is 0 Å². The molecule has 6 heteroatoms. The number of benzene rings is 1. The summed E-state index contributed by atoms with van der Waals surface area (Å²) in [7, 11) is 1.60. The van der Waals surface area contributed by atoms with E-state index in [1.165, 1.54) is 19.3 Å². The van der Waals surface area contributed by atoms with Crippen molar-refractivity contribution in [1.29, 1.82) is 0 Å². The van der Waals surface area contributed by atoms with Crippen LogP contribution in [-0.2, 0) is 9.53 Å². The van der Waals surface area contributed by atoms with Gasteiger partial charge in [-0.15, -0.1) is 0 Å². The summed E-state index contributed by atoms with van der Waals surface area (Å²) in [5.41, 5.74) is 1.81. The molecule has 1 heterocycles. The first kappa shape index (κ1) is 19.3. The van der Waals surface area contributed by atoms with Crippen LogP contribution in [0, 0.1) is 0 Å². The number of esters is 1. The van der Waals surface area contributed by atoms with Crippen LogP contribution in [0.15, 0.2) is 35.5 Å². The maximum atomic E-state index is 13.0. The Hall–Kier alpha value is -2.50. The first-order valence-corrected chi connectivity index (χ1v) is 9.71. The van der Waals surface area contributed by atoms with Gasteiger partial charge in [-0.25, -0.2) is 9.59 Å². The van der Waals surface area contributed by atoms with Crippen LogP contribution >= 0.6 is 0 Å². The van der Waals surface area contributed by atoms with E-state index in [1.54, 1.807) is 14.0 Å². The molecule has 1 fully saturated rings. The fourth-order valence-electron chi connectivity index (χ4n) is 3.76. The summed E-state index contributed by atoms with van der Waals surface area (Å²) in [5, 5.41) is 5.54. The zero-order valence-corrected chi connectivity index (χ0v) is 16.0. The van der Waals surface area contributed by atoms with Gasteiger partial charge in [0.05, 0.1) is 18.7 Å². The Morgan fingerprint density at radius 1 is 1.04 bits per heavy atom. The van der Waals surface area contributed by atoms with Crippen LogP contribution in [0.25, 0.3) is 0 Å². The molecular weight excluding hydrogens is 344 g/mol. The third kappa shape index (κ3) is 4.81. The van der Waals surface area contributed by atoms with Crippen LogP contribution in [0.2, 0.25) is 0 Å². The number of methoxy groups -OCH3 is 1. The van der Waals surface area contributed by atoms with Gasteiger partial charge in [-0.2, -0.15) is 0 Å². The molecule has 1 unspecified atom stereocenters. The topological polar surface area (TPSA) is 76.7 Å². The van der Waals surface area contributed by atoms with E-state index in [9.17, 15) is 9.59 Å². The van der Waals surface area contributed by atoms with E-state index in [4.69, 9.17) is 9.47 Å². The van der Waals surface area contributed by atoms with Gasteiger partial charge in [0.15, 0.2) is 0 Å². The average Bonchev–Trinajstić information content (AvgIpc) is 2.63. The molecule has 27 heavy (non-hydrogen) atoms. The third-order valence-electron chi connectivity index (χ3n) is 5.26. The highest BCUT2D eigenvalue weighted by Crippen LogP contribution is 2.30. The largest absolute Gasteiger partial charge is 0.497 e.